The Bertz CT molecular complexity index is 185. The molecule has 4 heteroatoms. The summed E-state index contributed by atoms with van der Waals surface area (Å²) in [7, 11) is 1.31. The van der Waals surface area contributed by atoms with Crippen molar-refractivity contribution in [3.05, 3.63) is 38.7 Å². The van der Waals surface area contributed by atoms with E-state index in [0.29, 0.717) is 0 Å². The van der Waals surface area contributed by atoms with Crippen molar-refractivity contribution < 1.29 is 19.1 Å². The minimum atomic E-state index is -0.394. The number of esters is 2. The lowest BCUT2D eigenvalue weighted by molar-refractivity contribution is -0.136. The molecule has 0 bridgehead atoms. The average Bonchev–Trinajstić information content (AvgIpc) is 2.20. The fourth-order valence-corrected chi connectivity index (χ4v) is 0.201. The molecule has 80 valence electrons. The largest absolute Gasteiger partial charge is 0.466 e. The smallest absolute Gasteiger partial charge is 0.329 e. The summed E-state index contributed by atoms with van der Waals surface area (Å²) in [4.78, 5) is 19.6. The van der Waals surface area contributed by atoms with E-state index in [1.54, 1.807) is 0 Å². The zero-order valence-corrected chi connectivity index (χ0v) is 8.62. The molecule has 0 aliphatic heterocycles. The van der Waals surface area contributed by atoms with Crippen LogP contribution in [0.5, 0.6) is 0 Å². The highest BCUT2D eigenvalue weighted by Crippen LogP contribution is 1.70. The standard InChI is InChI=1S/2C4H6O2.C2H4/c1-3-4(5)6-2;1-3-6-4(2)5;1-2/h2*3H,1H2,2H3;1-2H2. The number of rotatable bonds is 2. The van der Waals surface area contributed by atoms with Crippen LogP contribution in [0.4, 0.5) is 0 Å². The monoisotopic (exact) mass is 200 g/mol. The first kappa shape index (κ1) is 18.0. The van der Waals surface area contributed by atoms with Crippen LogP contribution in [0.2, 0.25) is 0 Å². The van der Waals surface area contributed by atoms with Gasteiger partial charge in [0, 0.05) is 13.0 Å². The number of carbonyl (C=O) groups is 2. The molecule has 0 aromatic carbocycles. The first-order valence-corrected chi connectivity index (χ1v) is 3.57. The van der Waals surface area contributed by atoms with E-state index in [4.69, 9.17) is 0 Å². The number of ether oxygens (including phenoxy) is 2. The van der Waals surface area contributed by atoms with Crippen molar-refractivity contribution in [2.24, 2.45) is 0 Å². The Morgan fingerprint density at radius 1 is 1.21 bits per heavy atom. The second-order valence-electron chi connectivity index (χ2n) is 1.50. The fourth-order valence-electron chi connectivity index (χ4n) is 0.201. The summed E-state index contributed by atoms with van der Waals surface area (Å²) >= 11 is 0. The van der Waals surface area contributed by atoms with E-state index in [1.807, 2.05) is 0 Å². The summed E-state index contributed by atoms with van der Waals surface area (Å²) in [5.41, 5.74) is 0. The molecule has 0 aromatic heterocycles. The highest BCUT2D eigenvalue weighted by atomic mass is 16.5. The number of methoxy groups -OCH3 is 1. The molecule has 0 aliphatic rings. The molecule has 0 spiro atoms. The minimum absolute atomic E-state index is 0.329. The van der Waals surface area contributed by atoms with Crippen LogP contribution in [0.15, 0.2) is 38.7 Å². The van der Waals surface area contributed by atoms with Crippen molar-refractivity contribution in [1.82, 2.24) is 0 Å². The lowest BCUT2D eigenvalue weighted by atomic mass is 10.7. The van der Waals surface area contributed by atoms with Gasteiger partial charge in [0.15, 0.2) is 0 Å². The Hall–Kier alpha value is -1.84. The normalized spacial score (nSPS) is 6.14. The summed E-state index contributed by atoms with van der Waals surface area (Å²) in [5, 5.41) is 0. The zero-order valence-electron chi connectivity index (χ0n) is 8.62. The van der Waals surface area contributed by atoms with Gasteiger partial charge in [-0.3, -0.25) is 4.79 Å². The lowest BCUT2D eigenvalue weighted by Crippen LogP contribution is -1.91. The molecule has 0 amide bonds. The molecule has 14 heavy (non-hydrogen) atoms. The van der Waals surface area contributed by atoms with Gasteiger partial charge >= 0.3 is 11.9 Å². The van der Waals surface area contributed by atoms with Crippen molar-refractivity contribution in [2.75, 3.05) is 7.11 Å². The quantitative estimate of drug-likeness (QED) is 0.295. The van der Waals surface area contributed by atoms with Crippen molar-refractivity contribution in [3.63, 3.8) is 0 Å². The molecular weight excluding hydrogens is 184 g/mol. The Balaban J connectivity index is -0.000000147. The SMILES string of the molecule is C=C.C=CC(=O)OC.C=COC(C)=O. The van der Waals surface area contributed by atoms with Gasteiger partial charge in [-0.1, -0.05) is 13.2 Å². The van der Waals surface area contributed by atoms with E-state index < -0.39 is 5.97 Å². The molecule has 0 aromatic rings. The van der Waals surface area contributed by atoms with Crippen molar-refractivity contribution in [3.8, 4) is 0 Å². The maximum atomic E-state index is 9.84. The van der Waals surface area contributed by atoms with Crippen LogP contribution >= 0.6 is 0 Å². The third-order valence-electron chi connectivity index (χ3n) is 0.617. The van der Waals surface area contributed by atoms with E-state index in [0.717, 1.165) is 12.3 Å². The fraction of sp³-hybridized carbons (Fsp3) is 0.200. The summed E-state index contributed by atoms with van der Waals surface area (Å²) in [6.07, 6.45) is 2.21. The summed E-state index contributed by atoms with van der Waals surface area (Å²) in [6, 6.07) is 0. The van der Waals surface area contributed by atoms with Crippen LogP contribution in [-0.4, -0.2) is 19.0 Å². The van der Waals surface area contributed by atoms with Gasteiger partial charge in [-0.05, 0) is 0 Å². The first-order chi connectivity index (χ1) is 6.58. The molecule has 0 heterocycles. The zero-order chi connectivity index (χ0) is 12.0. The first-order valence-electron chi connectivity index (χ1n) is 3.57. The Kier molecular flexibility index (Phi) is 22.3. The predicted molar refractivity (Wildman–Crippen MR) is 55.4 cm³/mol. The summed E-state index contributed by atoms with van der Waals surface area (Å²) in [5.74, 6) is -0.722. The topological polar surface area (TPSA) is 52.6 Å². The van der Waals surface area contributed by atoms with Crippen molar-refractivity contribution in [1.29, 1.82) is 0 Å². The van der Waals surface area contributed by atoms with Gasteiger partial charge in [-0.15, -0.1) is 13.2 Å². The van der Waals surface area contributed by atoms with E-state index in [-0.39, 0.29) is 5.97 Å². The second-order valence-corrected chi connectivity index (χ2v) is 1.50. The lowest BCUT2D eigenvalue weighted by Gasteiger charge is -1.83. The second kappa shape index (κ2) is 17.3. The average molecular weight is 200 g/mol. The van der Waals surface area contributed by atoms with Crippen LogP contribution in [0.1, 0.15) is 6.92 Å². The molecular formula is C10H16O4. The molecule has 0 N–H and O–H groups in total. The van der Waals surface area contributed by atoms with Gasteiger partial charge < -0.3 is 9.47 Å². The molecule has 0 aliphatic carbocycles. The minimum Gasteiger partial charge on any atom is -0.466 e. The highest BCUT2D eigenvalue weighted by Gasteiger charge is 1.82. The van der Waals surface area contributed by atoms with Crippen LogP contribution < -0.4 is 0 Å². The van der Waals surface area contributed by atoms with Gasteiger partial charge in [0.25, 0.3) is 0 Å². The van der Waals surface area contributed by atoms with Crippen LogP contribution in [0.25, 0.3) is 0 Å². The summed E-state index contributed by atoms with van der Waals surface area (Å²) in [6.45, 7) is 13.6. The molecule has 0 atom stereocenters. The molecule has 4 nitrogen and oxygen atoms in total. The molecule has 0 unspecified atom stereocenters. The van der Waals surface area contributed by atoms with Crippen LogP contribution in [0.3, 0.4) is 0 Å². The highest BCUT2D eigenvalue weighted by molar-refractivity contribution is 5.80. The maximum Gasteiger partial charge on any atom is 0.329 e. The van der Waals surface area contributed by atoms with E-state index >= 15 is 0 Å². The van der Waals surface area contributed by atoms with Crippen LogP contribution in [-0.2, 0) is 19.1 Å². The van der Waals surface area contributed by atoms with Gasteiger partial charge in [-0.25, -0.2) is 4.79 Å². The van der Waals surface area contributed by atoms with Gasteiger partial charge in [0.05, 0.1) is 13.4 Å². The van der Waals surface area contributed by atoms with Gasteiger partial charge in [0.2, 0.25) is 0 Å². The molecule has 0 radical (unpaired) electrons. The Morgan fingerprint density at radius 3 is 1.64 bits per heavy atom. The predicted octanol–water partition coefficient (Wildman–Crippen LogP) is 1.84. The molecule has 0 saturated carbocycles. The summed E-state index contributed by atoms with van der Waals surface area (Å²) < 4.78 is 8.31. The Labute approximate surface area is 84.5 Å². The number of carbonyl (C=O) groups excluding carboxylic acids is 2. The van der Waals surface area contributed by atoms with Gasteiger partial charge in [-0.2, -0.15) is 0 Å². The van der Waals surface area contributed by atoms with Crippen molar-refractivity contribution >= 4 is 11.9 Å². The van der Waals surface area contributed by atoms with Crippen molar-refractivity contribution in [2.45, 2.75) is 6.92 Å². The van der Waals surface area contributed by atoms with E-state index in [1.165, 1.54) is 14.0 Å². The number of hydrogen-bond donors (Lipinski definition) is 0. The molecule has 0 saturated heterocycles. The molecule has 0 fully saturated rings. The number of hydrogen-bond acceptors (Lipinski definition) is 4. The third-order valence-corrected chi connectivity index (χ3v) is 0.617. The van der Waals surface area contributed by atoms with Crippen LogP contribution in [0, 0.1) is 0 Å². The Morgan fingerprint density at radius 2 is 1.64 bits per heavy atom. The maximum absolute atomic E-state index is 9.84. The third kappa shape index (κ3) is 32.0. The van der Waals surface area contributed by atoms with Gasteiger partial charge in [0.1, 0.15) is 0 Å². The molecule has 0 rings (SSSR count). The van der Waals surface area contributed by atoms with E-state index in [9.17, 15) is 9.59 Å². The van der Waals surface area contributed by atoms with E-state index in [2.05, 4.69) is 35.8 Å².